The summed E-state index contributed by atoms with van der Waals surface area (Å²) in [7, 11) is -4.63. The Hall–Kier alpha value is -2.33. The van der Waals surface area contributed by atoms with Crippen molar-refractivity contribution >= 4 is 19.8 Å². The number of aliphatic hydroxyl groups is 2. The Bertz CT molecular complexity index is 1070. The summed E-state index contributed by atoms with van der Waals surface area (Å²) in [5, 5.41) is 18.3. The summed E-state index contributed by atoms with van der Waals surface area (Å²) < 4.78 is 32.6. The van der Waals surface area contributed by atoms with Crippen LogP contribution in [0, 0.1) is 0 Å². The fourth-order valence-corrected chi connectivity index (χ4v) is 5.90. The lowest BCUT2D eigenvalue weighted by atomic mass is 10.1. The van der Waals surface area contributed by atoms with E-state index in [1.807, 2.05) is 36.5 Å². The number of phosphoric acid groups is 1. The zero-order chi connectivity index (χ0) is 39.1. The monoisotopic (exact) mass is 768 g/mol. The third-order valence-corrected chi connectivity index (χ3v) is 9.20. The first-order valence-corrected chi connectivity index (χ1v) is 21.8. The van der Waals surface area contributed by atoms with Gasteiger partial charge in [-0.05, 0) is 57.8 Å². The number of carbonyl (C=O) groups excluding carboxylic acids is 2. The predicted octanol–water partition coefficient (Wildman–Crippen LogP) is 10.3. The summed E-state index contributed by atoms with van der Waals surface area (Å²) in [6, 6.07) is 0. The van der Waals surface area contributed by atoms with E-state index in [2.05, 4.69) is 42.7 Å². The maximum atomic E-state index is 12.6. The normalized spacial score (nSPS) is 14.6. The molecule has 0 amide bonds. The first-order valence-electron chi connectivity index (χ1n) is 20.3. The smallest absolute Gasteiger partial charge is 0.462 e. The Morgan fingerprint density at radius 1 is 0.585 bits per heavy atom. The number of esters is 2. The number of carbonyl (C=O) groups is 2. The summed E-state index contributed by atoms with van der Waals surface area (Å²) in [5.41, 5.74) is 0. The molecule has 0 rings (SSSR count). The lowest BCUT2D eigenvalue weighted by Crippen LogP contribution is -2.29. The number of unbranched alkanes of at least 4 members (excludes halogenated alkanes) is 16. The van der Waals surface area contributed by atoms with E-state index < -0.39 is 51.8 Å². The van der Waals surface area contributed by atoms with Crippen LogP contribution in [0.3, 0.4) is 0 Å². The van der Waals surface area contributed by atoms with Crippen molar-refractivity contribution in [3.8, 4) is 0 Å². The Labute approximate surface area is 321 Å². The molecule has 11 heteroatoms. The molecule has 0 fully saturated rings. The zero-order valence-electron chi connectivity index (χ0n) is 33.0. The van der Waals surface area contributed by atoms with Gasteiger partial charge in [0.1, 0.15) is 12.7 Å². The maximum absolute atomic E-state index is 12.6. The van der Waals surface area contributed by atoms with Gasteiger partial charge in [0, 0.05) is 12.8 Å². The first kappa shape index (κ1) is 50.7. The lowest BCUT2D eigenvalue weighted by molar-refractivity contribution is -0.161. The number of rotatable bonds is 37. The molecule has 0 aliphatic heterocycles. The van der Waals surface area contributed by atoms with Crippen LogP contribution in [0.2, 0.25) is 0 Å². The quantitative estimate of drug-likeness (QED) is 0.0183. The van der Waals surface area contributed by atoms with Crippen LogP contribution < -0.4 is 0 Å². The molecule has 0 aliphatic rings. The van der Waals surface area contributed by atoms with Crippen molar-refractivity contribution < 1.29 is 47.8 Å². The molecule has 0 saturated heterocycles. The van der Waals surface area contributed by atoms with Gasteiger partial charge in [0.2, 0.25) is 0 Å². The van der Waals surface area contributed by atoms with Gasteiger partial charge in [-0.1, -0.05) is 145 Å². The fourth-order valence-electron chi connectivity index (χ4n) is 5.11. The number of ether oxygens (including phenoxy) is 2. The van der Waals surface area contributed by atoms with E-state index in [9.17, 15) is 24.2 Å². The molecule has 3 atom stereocenters. The van der Waals surface area contributed by atoms with Crippen molar-refractivity contribution in [3.05, 3.63) is 60.8 Å². The van der Waals surface area contributed by atoms with Crippen LogP contribution in [-0.2, 0) is 32.7 Å². The van der Waals surface area contributed by atoms with E-state index in [4.69, 9.17) is 19.1 Å². The molecule has 0 spiro atoms. The second kappa shape index (κ2) is 38.0. The Morgan fingerprint density at radius 3 is 1.66 bits per heavy atom. The van der Waals surface area contributed by atoms with Crippen LogP contribution in [0.4, 0.5) is 0 Å². The molecule has 3 N–H and O–H groups in total. The van der Waals surface area contributed by atoms with Gasteiger partial charge in [-0.25, -0.2) is 4.57 Å². The molecule has 0 aromatic heterocycles. The van der Waals surface area contributed by atoms with Crippen molar-refractivity contribution in [2.75, 3.05) is 26.4 Å². The zero-order valence-corrected chi connectivity index (χ0v) is 33.9. The minimum Gasteiger partial charge on any atom is -0.462 e. The SMILES string of the molecule is CC/C=C/C=C/C=C/C=C/CCCCCCCC(=O)O[C@H](COC(=O)CCCC/C=C/CCCCCCCCCCC)COP(=O)(O)OC[C@@H](O)CO. The van der Waals surface area contributed by atoms with Crippen LogP contribution in [0.25, 0.3) is 0 Å². The third-order valence-electron chi connectivity index (χ3n) is 8.25. The van der Waals surface area contributed by atoms with E-state index in [-0.39, 0.29) is 19.4 Å². The highest BCUT2D eigenvalue weighted by Gasteiger charge is 2.27. The van der Waals surface area contributed by atoms with Crippen LogP contribution in [0.1, 0.15) is 155 Å². The van der Waals surface area contributed by atoms with Gasteiger partial charge < -0.3 is 24.6 Å². The highest BCUT2D eigenvalue weighted by Crippen LogP contribution is 2.43. The topological polar surface area (TPSA) is 149 Å². The maximum Gasteiger partial charge on any atom is 0.472 e. The predicted molar refractivity (Wildman–Crippen MR) is 214 cm³/mol. The van der Waals surface area contributed by atoms with Crippen LogP contribution >= 0.6 is 7.82 Å². The van der Waals surface area contributed by atoms with Crippen molar-refractivity contribution in [1.29, 1.82) is 0 Å². The van der Waals surface area contributed by atoms with E-state index in [1.165, 1.54) is 57.8 Å². The molecule has 0 aromatic rings. The largest absolute Gasteiger partial charge is 0.472 e. The summed E-state index contributed by atoms with van der Waals surface area (Å²) in [5.74, 6) is -0.982. The molecule has 10 nitrogen and oxygen atoms in total. The van der Waals surface area contributed by atoms with Crippen LogP contribution in [0.15, 0.2) is 60.8 Å². The number of allylic oxidation sites excluding steroid dienone is 10. The molecule has 0 bridgehead atoms. The average molecular weight is 769 g/mol. The molecule has 1 unspecified atom stereocenters. The minimum atomic E-state index is -4.63. The lowest BCUT2D eigenvalue weighted by Gasteiger charge is -2.20. The second-order valence-electron chi connectivity index (χ2n) is 13.4. The van der Waals surface area contributed by atoms with Crippen molar-refractivity contribution in [2.45, 2.75) is 167 Å². The molecule has 53 heavy (non-hydrogen) atoms. The highest BCUT2D eigenvalue weighted by molar-refractivity contribution is 7.47. The highest BCUT2D eigenvalue weighted by atomic mass is 31.2. The third kappa shape index (κ3) is 37.8. The van der Waals surface area contributed by atoms with Gasteiger partial charge in [-0.2, -0.15) is 0 Å². The van der Waals surface area contributed by atoms with Crippen LogP contribution in [0.5, 0.6) is 0 Å². The Kier molecular flexibility index (Phi) is 36.3. The minimum absolute atomic E-state index is 0.152. The van der Waals surface area contributed by atoms with E-state index in [0.717, 1.165) is 57.8 Å². The molecule has 306 valence electrons. The molecule has 0 aromatic carbocycles. The van der Waals surface area contributed by atoms with E-state index in [0.29, 0.717) is 12.8 Å². The first-order chi connectivity index (χ1) is 25.7. The molecule has 0 radical (unpaired) electrons. The second-order valence-corrected chi connectivity index (χ2v) is 14.8. The van der Waals surface area contributed by atoms with Gasteiger partial charge in [0.15, 0.2) is 6.10 Å². The fraction of sp³-hybridized carbons (Fsp3) is 0.714. The summed E-state index contributed by atoms with van der Waals surface area (Å²) >= 11 is 0. The average Bonchev–Trinajstić information content (AvgIpc) is 3.14. The number of hydrogen-bond donors (Lipinski definition) is 3. The number of aliphatic hydroxyl groups excluding tert-OH is 2. The molecule has 0 aliphatic carbocycles. The van der Waals surface area contributed by atoms with Gasteiger partial charge in [-0.3, -0.25) is 18.6 Å². The standard InChI is InChI=1S/C42H73O10P/c1-3-5-7-9-11-13-15-17-19-21-23-25-27-29-31-33-41(45)49-37-40(38-51-53(47,48)50-36-39(44)35-43)52-42(46)34-32-30-28-26-24-22-20-18-16-14-12-10-8-6-4-2/h6,8,10,12,14,16,18,20,23,25,39-40,43-44H,3-5,7,9,11,13,15,17,19,21-22,24,26-38H2,1-2H3,(H,47,48)/b8-6+,12-10+,16-14+,20-18+,25-23+/t39-,40+/m0/s1. The summed E-state index contributed by atoms with van der Waals surface area (Å²) in [6.07, 6.45) is 40.5. The number of phosphoric ester groups is 1. The molecular weight excluding hydrogens is 695 g/mol. The summed E-state index contributed by atoms with van der Waals surface area (Å²) in [4.78, 5) is 34.9. The van der Waals surface area contributed by atoms with Crippen molar-refractivity contribution in [1.82, 2.24) is 0 Å². The van der Waals surface area contributed by atoms with E-state index >= 15 is 0 Å². The molecule has 0 heterocycles. The van der Waals surface area contributed by atoms with Gasteiger partial charge in [-0.15, -0.1) is 0 Å². The van der Waals surface area contributed by atoms with Crippen molar-refractivity contribution in [3.63, 3.8) is 0 Å². The number of hydrogen-bond acceptors (Lipinski definition) is 9. The van der Waals surface area contributed by atoms with E-state index in [1.54, 1.807) is 0 Å². The molecular formula is C42H73O10P. The van der Waals surface area contributed by atoms with Gasteiger partial charge >= 0.3 is 19.8 Å². The Balaban J connectivity index is 4.42. The van der Waals surface area contributed by atoms with Crippen LogP contribution in [-0.4, -0.2) is 65.7 Å². The Morgan fingerprint density at radius 2 is 1.06 bits per heavy atom. The molecule has 0 saturated carbocycles. The van der Waals surface area contributed by atoms with Gasteiger partial charge in [0.05, 0.1) is 19.8 Å². The van der Waals surface area contributed by atoms with Crippen molar-refractivity contribution in [2.24, 2.45) is 0 Å². The van der Waals surface area contributed by atoms with Gasteiger partial charge in [0.25, 0.3) is 0 Å². The summed E-state index contributed by atoms with van der Waals surface area (Å²) in [6.45, 7) is 2.17.